The Morgan fingerprint density at radius 1 is 1.19 bits per heavy atom. The van der Waals surface area contributed by atoms with Crippen molar-refractivity contribution >= 4 is 11.6 Å². The van der Waals surface area contributed by atoms with Gasteiger partial charge in [-0.3, -0.25) is 4.79 Å². The smallest absolute Gasteiger partial charge is 0.274 e. The number of nitrogens with zero attached hydrogens (tertiary/aromatic N) is 4. The molecule has 5 rings (SSSR count). The van der Waals surface area contributed by atoms with Gasteiger partial charge >= 0.3 is 0 Å². The number of benzene rings is 1. The number of aromatic nitrogens is 3. The minimum absolute atomic E-state index is 0.0812. The molecule has 0 N–H and O–H groups in total. The molecule has 0 unspecified atom stereocenters. The lowest BCUT2D eigenvalue weighted by atomic mass is 10.0. The highest BCUT2D eigenvalue weighted by Gasteiger charge is 2.33. The number of oxazole rings is 1. The number of carbonyl (C=O) groups is 1. The van der Waals surface area contributed by atoms with E-state index in [1.807, 2.05) is 64.9 Å². The lowest BCUT2D eigenvalue weighted by Gasteiger charge is -2.33. The molecule has 1 atom stereocenters. The van der Waals surface area contributed by atoms with Gasteiger partial charge < -0.3 is 18.5 Å². The largest absolute Gasteiger partial charge is 0.496 e. The van der Waals surface area contributed by atoms with E-state index in [4.69, 9.17) is 9.15 Å². The van der Waals surface area contributed by atoms with Gasteiger partial charge in [0, 0.05) is 30.4 Å². The monoisotopic (exact) mass is 430 g/mol. The summed E-state index contributed by atoms with van der Waals surface area (Å²) in [5.41, 5.74) is 3.30. The van der Waals surface area contributed by atoms with Gasteiger partial charge in [-0.15, -0.1) is 0 Å². The molecule has 7 nitrogen and oxygen atoms in total. The standard InChI is InChI=1S/C25H26N4O3/c1-17-8-7-12-23-27-20(16-29(17)23)25(30)28-13-6-5-10-21(28)24-26-15-19(32-24)14-18-9-3-4-11-22(18)31-2/h3-4,7-9,11-12,15-16,21H,5-6,10,13-14H2,1-2H3/t21-/m0/s1. The Morgan fingerprint density at radius 3 is 2.91 bits per heavy atom. The van der Waals surface area contributed by atoms with Gasteiger partial charge in [-0.25, -0.2) is 9.97 Å². The first-order valence-corrected chi connectivity index (χ1v) is 11.0. The van der Waals surface area contributed by atoms with Crippen LogP contribution in [0.2, 0.25) is 0 Å². The van der Waals surface area contributed by atoms with Gasteiger partial charge in [0.05, 0.1) is 13.3 Å². The number of carbonyl (C=O) groups excluding carboxylic acids is 1. The highest BCUT2D eigenvalue weighted by Crippen LogP contribution is 2.32. The molecule has 1 fully saturated rings. The molecule has 0 spiro atoms. The van der Waals surface area contributed by atoms with Crippen LogP contribution in [-0.2, 0) is 6.42 Å². The van der Waals surface area contributed by atoms with Crippen LogP contribution < -0.4 is 4.74 Å². The molecule has 3 aromatic heterocycles. The van der Waals surface area contributed by atoms with Crippen LogP contribution in [0.25, 0.3) is 5.65 Å². The molecule has 1 amide bonds. The van der Waals surface area contributed by atoms with E-state index in [1.54, 1.807) is 13.3 Å². The Balaban J connectivity index is 1.40. The van der Waals surface area contributed by atoms with Crippen molar-refractivity contribution in [3.63, 3.8) is 0 Å². The van der Waals surface area contributed by atoms with Crippen molar-refractivity contribution in [2.45, 2.75) is 38.6 Å². The maximum atomic E-state index is 13.4. The molecule has 0 radical (unpaired) electrons. The van der Waals surface area contributed by atoms with Crippen molar-refractivity contribution in [2.75, 3.05) is 13.7 Å². The Hall–Kier alpha value is -3.61. The summed E-state index contributed by atoms with van der Waals surface area (Å²) < 4.78 is 13.5. The fourth-order valence-corrected chi connectivity index (χ4v) is 4.43. The second kappa shape index (κ2) is 8.49. The fraction of sp³-hybridized carbons (Fsp3) is 0.320. The number of pyridine rings is 1. The zero-order valence-corrected chi connectivity index (χ0v) is 18.3. The number of amides is 1. The second-order valence-corrected chi connectivity index (χ2v) is 8.19. The zero-order chi connectivity index (χ0) is 22.1. The van der Waals surface area contributed by atoms with E-state index in [0.29, 0.717) is 24.6 Å². The molecule has 164 valence electrons. The number of methoxy groups -OCH3 is 1. The topological polar surface area (TPSA) is 72.9 Å². The number of aryl methyl sites for hydroxylation is 1. The van der Waals surface area contributed by atoms with E-state index in [0.717, 1.165) is 47.7 Å². The van der Waals surface area contributed by atoms with Crippen molar-refractivity contribution in [3.05, 3.63) is 83.5 Å². The number of para-hydroxylation sites is 1. The number of rotatable bonds is 5. The van der Waals surface area contributed by atoms with E-state index >= 15 is 0 Å². The van der Waals surface area contributed by atoms with Crippen LogP contribution in [0.4, 0.5) is 0 Å². The van der Waals surface area contributed by atoms with Crippen LogP contribution in [0, 0.1) is 6.92 Å². The first kappa shape index (κ1) is 20.3. The van der Waals surface area contributed by atoms with Crippen LogP contribution in [-0.4, -0.2) is 38.8 Å². The minimum atomic E-state index is -0.187. The molecular weight excluding hydrogens is 404 g/mol. The number of ether oxygens (including phenoxy) is 1. The van der Waals surface area contributed by atoms with Crippen LogP contribution in [0.5, 0.6) is 5.75 Å². The highest BCUT2D eigenvalue weighted by molar-refractivity contribution is 5.93. The zero-order valence-electron chi connectivity index (χ0n) is 18.3. The van der Waals surface area contributed by atoms with Crippen molar-refractivity contribution in [2.24, 2.45) is 0 Å². The number of hydrogen-bond donors (Lipinski definition) is 0. The molecule has 4 heterocycles. The van der Waals surface area contributed by atoms with E-state index in [2.05, 4.69) is 9.97 Å². The molecular formula is C25H26N4O3. The van der Waals surface area contributed by atoms with Crippen molar-refractivity contribution in [3.8, 4) is 5.75 Å². The third-order valence-electron chi connectivity index (χ3n) is 6.09. The predicted octanol–water partition coefficient (Wildman–Crippen LogP) is 4.60. The summed E-state index contributed by atoms with van der Waals surface area (Å²) in [4.78, 5) is 24.4. The van der Waals surface area contributed by atoms with Crippen molar-refractivity contribution in [1.82, 2.24) is 19.3 Å². The summed E-state index contributed by atoms with van der Waals surface area (Å²) in [7, 11) is 1.66. The number of likely N-dealkylation sites (tertiary alicyclic amines) is 1. The fourth-order valence-electron chi connectivity index (χ4n) is 4.43. The van der Waals surface area contributed by atoms with Gasteiger partial charge in [0.1, 0.15) is 28.9 Å². The van der Waals surface area contributed by atoms with Gasteiger partial charge in [-0.2, -0.15) is 0 Å². The maximum absolute atomic E-state index is 13.4. The van der Waals surface area contributed by atoms with Gasteiger partial charge in [0.15, 0.2) is 0 Å². The summed E-state index contributed by atoms with van der Waals surface area (Å²) in [6, 6.07) is 13.6. The minimum Gasteiger partial charge on any atom is -0.496 e. The molecule has 0 saturated carbocycles. The van der Waals surface area contributed by atoms with Crippen LogP contribution in [0.1, 0.15) is 58.7 Å². The maximum Gasteiger partial charge on any atom is 0.274 e. The van der Waals surface area contributed by atoms with Crippen LogP contribution >= 0.6 is 0 Å². The summed E-state index contributed by atoms with van der Waals surface area (Å²) in [6.45, 7) is 2.67. The summed E-state index contributed by atoms with van der Waals surface area (Å²) in [6.07, 6.45) is 6.98. The summed E-state index contributed by atoms with van der Waals surface area (Å²) >= 11 is 0. The first-order chi connectivity index (χ1) is 15.6. The van der Waals surface area contributed by atoms with Gasteiger partial charge in [0.2, 0.25) is 5.89 Å². The number of hydrogen-bond acceptors (Lipinski definition) is 5. The molecule has 0 bridgehead atoms. The Bertz CT molecular complexity index is 1260. The molecule has 32 heavy (non-hydrogen) atoms. The molecule has 7 heteroatoms. The molecule has 0 aliphatic carbocycles. The van der Waals surface area contributed by atoms with E-state index < -0.39 is 0 Å². The number of imidazole rings is 1. The second-order valence-electron chi connectivity index (χ2n) is 8.19. The first-order valence-electron chi connectivity index (χ1n) is 11.0. The Labute approximate surface area is 186 Å². The quantitative estimate of drug-likeness (QED) is 0.463. The number of piperidine rings is 1. The average Bonchev–Trinajstić information content (AvgIpc) is 3.47. The van der Waals surface area contributed by atoms with Gasteiger partial charge in [-0.1, -0.05) is 24.3 Å². The summed E-state index contributed by atoms with van der Waals surface area (Å²) in [5.74, 6) is 2.08. The Morgan fingerprint density at radius 2 is 2.06 bits per heavy atom. The molecule has 4 aromatic rings. The summed E-state index contributed by atoms with van der Waals surface area (Å²) in [5, 5.41) is 0. The lowest BCUT2D eigenvalue weighted by Crippen LogP contribution is -2.38. The van der Waals surface area contributed by atoms with Gasteiger partial charge in [0.25, 0.3) is 5.91 Å². The van der Waals surface area contributed by atoms with E-state index in [9.17, 15) is 4.79 Å². The van der Waals surface area contributed by atoms with Crippen molar-refractivity contribution in [1.29, 1.82) is 0 Å². The third kappa shape index (κ3) is 3.75. The number of fused-ring (bicyclic) bond motifs is 1. The third-order valence-corrected chi connectivity index (χ3v) is 6.09. The molecule has 1 saturated heterocycles. The molecule has 1 aliphatic rings. The van der Waals surface area contributed by atoms with Crippen LogP contribution in [0.3, 0.4) is 0 Å². The van der Waals surface area contributed by atoms with E-state index in [-0.39, 0.29) is 11.9 Å². The van der Waals surface area contributed by atoms with E-state index in [1.165, 1.54) is 0 Å². The lowest BCUT2D eigenvalue weighted by molar-refractivity contribution is 0.0564. The normalized spacial score (nSPS) is 16.4. The molecule has 1 aromatic carbocycles. The van der Waals surface area contributed by atoms with Crippen LogP contribution in [0.15, 0.2) is 59.3 Å². The van der Waals surface area contributed by atoms with Crippen molar-refractivity contribution < 1.29 is 13.9 Å². The van der Waals surface area contributed by atoms with Gasteiger partial charge in [-0.05, 0) is 44.4 Å². The SMILES string of the molecule is COc1ccccc1Cc1cnc([C@@H]2CCCCN2C(=O)c2cn3c(C)cccc3n2)o1. The highest BCUT2D eigenvalue weighted by atomic mass is 16.5. The predicted molar refractivity (Wildman–Crippen MR) is 120 cm³/mol. The Kier molecular flexibility index (Phi) is 5.39. The molecule has 1 aliphatic heterocycles. The average molecular weight is 431 g/mol.